The van der Waals surface area contributed by atoms with Crippen LogP contribution in [-0.4, -0.2) is 29.4 Å². The molecule has 4 nitrogen and oxygen atoms in total. The zero-order valence-corrected chi connectivity index (χ0v) is 13.9. The Hall–Kier alpha value is -2.28. The van der Waals surface area contributed by atoms with Gasteiger partial charge in [-0.2, -0.15) is 5.26 Å². The maximum Gasteiger partial charge on any atom is 0.263 e. The average molecular weight is 299 g/mol. The van der Waals surface area contributed by atoms with Crippen LogP contribution in [0.3, 0.4) is 0 Å². The van der Waals surface area contributed by atoms with E-state index in [1.165, 1.54) is 0 Å². The summed E-state index contributed by atoms with van der Waals surface area (Å²) >= 11 is 0. The molecule has 118 valence electrons. The lowest BCUT2D eigenvalue weighted by atomic mass is 10.1. The molecular formula is C18H25N3O. The van der Waals surface area contributed by atoms with Crippen molar-refractivity contribution in [3.63, 3.8) is 0 Å². The Morgan fingerprint density at radius 1 is 1.32 bits per heavy atom. The van der Waals surface area contributed by atoms with Crippen LogP contribution in [0.1, 0.15) is 33.3 Å². The van der Waals surface area contributed by atoms with Crippen LogP contribution < -0.4 is 5.32 Å². The Morgan fingerprint density at radius 3 is 2.45 bits per heavy atom. The molecule has 0 saturated carbocycles. The third kappa shape index (κ3) is 5.61. The third-order valence-electron chi connectivity index (χ3n) is 3.39. The molecule has 0 atom stereocenters. The summed E-state index contributed by atoms with van der Waals surface area (Å²) in [6, 6.07) is 11.9. The van der Waals surface area contributed by atoms with Crippen LogP contribution in [0, 0.1) is 11.3 Å². The predicted molar refractivity (Wildman–Crippen MR) is 89.0 cm³/mol. The normalized spacial score (nSPS) is 11.7. The van der Waals surface area contributed by atoms with Gasteiger partial charge in [0, 0.05) is 24.8 Å². The molecule has 0 spiro atoms. The fourth-order valence-corrected chi connectivity index (χ4v) is 2.11. The lowest BCUT2D eigenvalue weighted by Crippen LogP contribution is -2.38. The first-order chi connectivity index (χ1) is 10.4. The number of carbonyl (C=O) groups is 1. The van der Waals surface area contributed by atoms with Crippen LogP contribution in [0.2, 0.25) is 0 Å². The van der Waals surface area contributed by atoms with Crippen molar-refractivity contribution in [3.05, 3.63) is 47.7 Å². The maximum atomic E-state index is 12.1. The van der Waals surface area contributed by atoms with E-state index in [1.807, 2.05) is 48.2 Å². The van der Waals surface area contributed by atoms with Crippen molar-refractivity contribution in [3.8, 4) is 6.07 Å². The van der Waals surface area contributed by atoms with E-state index in [2.05, 4.69) is 26.1 Å². The van der Waals surface area contributed by atoms with Gasteiger partial charge >= 0.3 is 0 Å². The van der Waals surface area contributed by atoms with Gasteiger partial charge in [-0.1, -0.05) is 30.3 Å². The maximum absolute atomic E-state index is 12.1. The van der Waals surface area contributed by atoms with Crippen LogP contribution >= 0.6 is 0 Å². The van der Waals surface area contributed by atoms with Gasteiger partial charge in [0.05, 0.1) is 0 Å². The molecule has 0 radical (unpaired) electrons. The molecule has 1 amide bonds. The number of hydrogen-bond acceptors (Lipinski definition) is 3. The molecule has 0 aromatic heterocycles. The molecule has 4 heteroatoms. The summed E-state index contributed by atoms with van der Waals surface area (Å²) in [5.74, 6) is -0.318. The molecule has 0 bridgehead atoms. The van der Waals surface area contributed by atoms with Crippen molar-refractivity contribution in [2.45, 2.75) is 39.7 Å². The van der Waals surface area contributed by atoms with E-state index < -0.39 is 0 Å². The molecule has 0 heterocycles. The molecule has 1 N–H and O–H groups in total. The summed E-state index contributed by atoms with van der Waals surface area (Å²) in [6.07, 6.45) is 2.40. The minimum absolute atomic E-state index is 0.124. The Labute approximate surface area is 133 Å². The van der Waals surface area contributed by atoms with Gasteiger partial charge in [-0.25, -0.2) is 0 Å². The van der Waals surface area contributed by atoms with Crippen molar-refractivity contribution in [1.29, 1.82) is 5.26 Å². The molecule has 0 unspecified atom stereocenters. The van der Waals surface area contributed by atoms with Crippen molar-refractivity contribution in [2.24, 2.45) is 0 Å². The third-order valence-corrected chi connectivity index (χ3v) is 3.39. The number of nitrogens with zero attached hydrogens (tertiary/aromatic N) is 2. The predicted octanol–water partition coefficient (Wildman–Crippen LogP) is 2.87. The molecule has 0 saturated heterocycles. The van der Waals surface area contributed by atoms with E-state index in [1.54, 1.807) is 6.20 Å². The number of benzene rings is 1. The number of amides is 1. The summed E-state index contributed by atoms with van der Waals surface area (Å²) in [5.41, 5.74) is 1.18. The Kier molecular flexibility index (Phi) is 6.65. The minimum Gasteiger partial charge on any atom is -0.372 e. The molecule has 1 rings (SSSR count). The van der Waals surface area contributed by atoms with E-state index in [0.29, 0.717) is 6.54 Å². The first-order valence-corrected chi connectivity index (χ1v) is 7.59. The summed E-state index contributed by atoms with van der Waals surface area (Å²) in [5, 5.41) is 12.0. The standard InChI is InChI=1S/C18H25N3O/c1-5-21(18(2,3)4)14-16(13-19)17(22)20-12-11-15-9-7-6-8-10-15/h6-10,14H,5,11-12H2,1-4H3,(H,20,22)/b16-14-. The highest BCUT2D eigenvalue weighted by Crippen LogP contribution is 2.14. The van der Waals surface area contributed by atoms with Crippen LogP contribution in [0.25, 0.3) is 0 Å². The van der Waals surface area contributed by atoms with Crippen LogP contribution in [-0.2, 0) is 11.2 Å². The highest BCUT2D eigenvalue weighted by molar-refractivity contribution is 5.97. The molecule has 22 heavy (non-hydrogen) atoms. The van der Waals surface area contributed by atoms with Crippen molar-refractivity contribution >= 4 is 5.91 Å². The zero-order chi connectivity index (χ0) is 16.6. The van der Waals surface area contributed by atoms with Gasteiger partial charge in [0.2, 0.25) is 0 Å². The van der Waals surface area contributed by atoms with Crippen LogP contribution in [0.5, 0.6) is 0 Å². The topological polar surface area (TPSA) is 56.1 Å². The quantitative estimate of drug-likeness (QED) is 0.649. The lowest BCUT2D eigenvalue weighted by Gasteiger charge is -2.33. The second-order valence-electron chi connectivity index (χ2n) is 6.10. The van der Waals surface area contributed by atoms with E-state index >= 15 is 0 Å². The highest BCUT2D eigenvalue weighted by atomic mass is 16.1. The van der Waals surface area contributed by atoms with E-state index in [9.17, 15) is 10.1 Å². The van der Waals surface area contributed by atoms with Crippen molar-refractivity contribution in [1.82, 2.24) is 10.2 Å². The van der Waals surface area contributed by atoms with Crippen molar-refractivity contribution < 1.29 is 4.79 Å². The molecule has 0 aliphatic carbocycles. The fraction of sp³-hybridized carbons (Fsp3) is 0.444. The molecular weight excluding hydrogens is 274 g/mol. The first-order valence-electron chi connectivity index (χ1n) is 7.59. The monoisotopic (exact) mass is 299 g/mol. The Bertz CT molecular complexity index is 550. The second-order valence-corrected chi connectivity index (χ2v) is 6.10. The molecule has 1 aromatic rings. The summed E-state index contributed by atoms with van der Waals surface area (Å²) in [7, 11) is 0. The van der Waals surface area contributed by atoms with E-state index in [-0.39, 0.29) is 17.0 Å². The molecule has 0 fully saturated rings. The number of carbonyl (C=O) groups excluding carboxylic acids is 1. The van der Waals surface area contributed by atoms with Gasteiger partial charge in [0.25, 0.3) is 5.91 Å². The molecule has 1 aromatic carbocycles. The van der Waals surface area contributed by atoms with Gasteiger partial charge in [0.1, 0.15) is 11.6 Å². The van der Waals surface area contributed by atoms with Gasteiger partial charge < -0.3 is 10.2 Å². The van der Waals surface area contributed by atoms with E-state index in [4.69, 9.17) is 0 Å². The smallest absolute Gasteiger partial charge is 0.263 e. The summed E-state index contributed by atoms with van der Waals surface area (Å²) < 4.78 is 0. The summed E-state index contributed by atoms with van der Waals surface area (Å²) in [4.78, 5) is 14.1. The first kappa shape index (κ1) is 17.8. The number of hydrogen-bond donors (Lipinski definition) is 1. The Balaban J connectivity index is 2.63. The van der Waals surface area contributed by atoms with E-state index in [0.717, 1.165) is 18.5 Å². The van der Waals surface area contributed by atoms with Crippen LogP contribution in [0.15, 0.2) is 42.1 Å². The van der Waals surface area contributed by atoms with Gasteiger partial charge in [-0.3, -0.25) is 4.79 Å². The Morgan fingerprint density at radius 2 is 1.95 bits per heavy atom. The second kappa shape index (κ2) is 8.23. The molecule has 0 aliphatic rings. The number of nitrogens with one attached hydrogen (secondary N) is 1. The largest absolute Gasteiger partial charge is 0.372 e. The zero-order valence-electron chi connectivity index (χ0n) is 13.9. The van der Waals surface area contributed by atoms with Gasteiger partial charge in [0.15, 0.2) is 0 Å². The van der Waals surface area contributed by atoms with Gasteiger partial charge in [-0.15, -0.1) is 0 Å². The highest BCUT2D eigenvalue weighted by Gasteiger charge is 2.19. The van der Waals surface area contributed by atoms with Crippen molar-refractivity contribution in [2.75, 3.05) is 13.1 Å². The fourth-order valence-electron chi connectivity index (χ4n) is 2.11. The number of rotatable bonds is 6. The molecule has 0 aliphatic heterocycles. The van der Waals surface area contributed by atoms with Gasteiger partial charge in [-0.05, 0) is 39.7 Å². The lowest BCUT2D eigenvalue weighted by molar-refractivity contribution is -0.117. The average Bonchev–Trinajstić information content (AvgIpc) is 2.48. The number of nitriles is 1. The minimum atomic E-state index is -0.318. The summed E-state index contributed by atoms with van der Waals surface area (Å²) in [6.45, 7) is 9.42. The van der Waals surface area contributed by atoms with Crippen LogP contribution in [0.4, 0.5) is 0 Å². The SMILES string of the molecule is CCN(/C=C(/C#N)C(=O)NCCc1ccccc1)C(C)(C)C.